The third-order valence-corrected chi connectivity index (χ3v) is 3.77. The first-order valence-electron chi connectivity index (χ1n) is 7.14. The molecular weight excluding hydrogens is 330 g/mol. The Morgan fingerprint density at radius 1 is 1.29 bits per heavy atom. The second kappa shape index (κ2) is 8.04. The molecule has 0 saturated carbocycles. The van der Waals surface area contributed by atoms with Crippen LogP contribution in [0.1, 0.15) is 29.7 Å². The van der Waals surface area contributed by atoms with E-state index in [0.29, 0.717) is 28.2 Å². The number of hydrogen-bond acceptors (Lipinski definition) is 6. The molecule has 0 aliphatic heterocycles. The molecule has 24 heavy (non-hydrogen) atoms. The van der Waals surface area contributed by atoms with Crippen LogP contribution in [0.3, 0.4) is 0 Å². The van der Waals surface area contributed by atoms with Crippen molar-refractivity contribution in [1.82, 2.24) is 0 Å². The molecule has 6 nitrogen and oxygen atoms in total. The molecule has 7 heteroatoms. The van der Waals surface area contributed by atoms with Crippen LogP contribution in [0.25, 0.3) is 0 Å². The van der Waals surface area contributed by atoms with Gasteiger partial charge in [-0.05, 0) is 49.2 Å². The fourth-order valence-corrected chi connectivity index (χ4v) is 2.72. The average molecular weight is 346 g/mol. The number of nitriles is 1. The molecule has 0 saturated heterocycles. The molecule has 0 radical (unpaired) electrons. The van der Waals surface area contributed by atoms with Crippen LogP contribution in [-0.2, 0) is 15.5 Å². The van der Waals surface area contributed by atoms with E-state index in [0.717, 1.165) is 0 Å². The zero-order valence-electron chi connectivity index (χ0n) is 13.1. The Morgan fingerprint density at radius 2 is 2.00 bits per heavy atom. The van der Waals surface area contributed by atoms with E-state index in [1.807, 2.05) is 6.07 Å². The fraction of sp³-hybridized carbons (Fsp3) is 0.235. The summed E-state index contributed by atoms with van der Waals surface area (Å²) < 4.78 is 32.0. The van der Waals surface area contributed by atoms with Crippen molar-refractivity contribution < 1.29 is 22.8 Å². The van der Waals surface area contributed by atoms with E-state index < -0.39 is 23.6 Å². The summed E-state index contributed by atoms with van der Waals surface area (Å²) in [5, 5.41) is 18.8. The molecule has 0 amide bonds. The monoisotopic (exact) mass is 346 g/mol. The molecule has 2 aromatic carbocycles. The lowest BCUT2D eigenvalue weighted by molar-refractivity contribution is 0.0499. The van der Waals surface area contributed by atoms with E-state index in [1.165, 1.54) is 6.92 Å². The van der Waals surface area contributed by atoms with Crippen LogP contribution in [0.4, 0.5) is 0 Å². The Balaban J connectivity index is 2.29. The predicted molar refractivity (Wildman–Crippen MR) is 86.8 cm³/mol. The van der Waals surface area contributed by atoms with Gasteiger partial charge in [0.25, 0.3) is 0 Å². The molecule has 3 atom stereocenters. The van der Waals surface area contributed by atoms with Gasteiger partial charge in [-0.1, -0.05) is 18.2 Å². The minimum atomic E-state index is -2.74. The van der Waals surface area contributed by atoms with Crippen LogP contribution in [0.15, 0.2) is 42.5 Å². The van der Waals surface area contributed by atoms with E-state index in [1.54, 1.807) is 49.4 Å². The molecule has 0 heterocycles. The van der Waals surface area contributed by atoms with E-state index >= 15 is 0 Å². The lowest BCUT2D eigenvalue weighted by atomic mass is 10.00. The van der Waals surface area contributed by atoms with Crippen molar-refractivity contribution in [3.63, 3.8) is 0 Å². The molecule has 2 aromatic rings. The van der Waals surface area contributed by atoms with Crippen molar-refractivity contribution in [1.29, 1.82) is 5.26 Å². The summed E-state index contributed by atoms with van der Waals surface area (Å²) in [6.07, 6.45) is -2.00. The maximum absolute atomic E-state index is 10.8. The van der Waals surface area contributed by atoms with Crippen LogP contribution >= 0.6 is 0 Å². The Hall–Kier alpha value is -2.24. The lowest BCUT2D eigenvalue weighted by Gasteiger charge is -2.23. The number of nitrogens with zero attached hydrogens (tertiary/aromatic N) is 1. The van der Waals surface area contributed by atoms with Crippen molar-refractivity contribution in [2.45, 2.75) is 26.1 Å². The minimum Gasteiger partial charge on any atom is -0.750 e. The van der Waals surface area contributed by atoms with Gasteiger partial charge >= 0.3 is 0 Å². The molecule has 0 aliphatic carbocycles. The van der Waals surface area contributed by atoms with Crippen molar-refractivity contribution in [3.05, 3.63) is 59.2 Å². The van der Waals surface area contributed by atoms with Gasteiger partial charge in [-0.25, -0.2) is 4.21 Å². The Kier molecular flexibility index (Phi) is 6.06. The molecule has 126 valence electrons. The average Bonchev–Trinajstić information content (AvgIpc) is 2.53. The summed E-state index contributed by atoms with van der Waals surface area (Å²) in [6, 6.07) is 13.8. The predicted octanol–water partition coefficient (Wildman–Crippen LogP) is 2.89. The molecule has 0 aliphatic rings. The summed E-state index contributed by atoms with van der Waals surface area (Å²) >= 11 is -2.74. The maximum Gasteiger partial charge on any atom is 0.145 e. The van der Waals surface area contributed by atoms with Crippen LogP contribution in [0, 0.1) is 18.3 Å². The van der Waals surface area contributed by atoms with Crippen molar-refractivity contribution in [3.8, 4) is 17.6 Å². The number of aliphatic hydroxyl groups is 1. The second-order valence-corrected chi connectivity index (χ2v) is 5.79. The molecular formula is C17H16NO5S-. The Morgan fingerprint density at radius 3 is 2.58 bits per heavy atom. The normalized spacial score (nSPS) is 14.5. The van der Waals surface area contributed by atoms with Gasteiger partial charge in [0.15, 0.2) is 0 Å². The number of aryl methyl sites for hydroxylation is 1. The first-order chi connectivity index (χ1) is 11.4. The molecule has 0 aromatic heterocycles. The Bertz CT molecular complexity index is 785. The molecule has 0 bridgehead atoms. The van der Waals surface area contributed by atoms with Crippen LogP contribution in [0.2, 0.25) is 0 Å². The quantitative estimate of drug-likeness (QED) is 0.807. The summed E-state index contributed by atoms with van der Waals surface area (Å²) in [5.74, 6) is 0.919. The minimum absolute atomic E-state index is 0.408. The number of rotatable bonds is 6. The van der Waals surface area contributed by atoms with Gasteiger partial charge in [-0.3, -0.25) is 4.18 Å². The first-order valence-corrected chi connectivity index (χ1v) is 8.14. The first kappa shape index (κ1) is 18.1. The van der Waals surface area contributed by atoms with Gasteiger partial charge in [0.2, 0.25) is 0 Å². The van der Waals surface area contributed by atoms with Crippen molar-refractivity contribution >= 4 is 11.4 Å². The summed E-state index contributed by atoms with van der Waals surface area (Å²) in [7, 11) is 0. The highest BCUT2D eigenvalue weighted by Crippen LogP contribution is 2.31. The van der Waals surface area contributed by atoms with Gasteiger partial charge in [-0.2, -0.15) is 5.26 Å². The highest BCUT2D eigenvalue weighted by Gasteiger charge is 2.21. The van der Waals surface area contributed by atoms with Crippen LogP contribution in [-0.4, -0.2) is 20.0 Å². The van der Waals surface area contributed by atoms with Crippen LogP contribution in [0.5, 0.6) is 11.5 Å². The van der Waals surface area contributed by atoms with Gasteiger partial charge in [-0.15, -0.1) is 0 Å². The standard InChI is InChI=1S/C17H17NO5S/c1-11-9-14(22-16-6-4-3-5-13(16)10-18)7-8-15(11)17(12(2)19)23-24(20)21/h3-9,12,17,19H,1-2H3,(H,20,21)/p-1. The Labute approximate surface area is 142 Å². The summed E-state index contributed by atoms with van der Waals surface area (Å²) in [4.78, 5) is 0. The van der Waals surface area contributed by atoms with Gasteiger partial charge in [0.05, 0.1) is 23.0 Å². The number of ether oxygens (including phenoxy) is 1. The van der Waals surface area contributed by atoms with Gasteiger partial charge < -0.3 is 14.4 Å². The van der Waals surface area contributed by atoms with E-state index in [-0.39, 0.29) is 0 Å². The topological polar surface area (TPSA) is 103 Å². The molecule has 0 fully saturated rings. The number of para-hydroxylation sites is 1. The number of aliphatic hydroxyl groups excluding tert-OH is 1. The zero-order valence-corrected chi connectivity index (χ0v) is 13.9. The molecule has 1 N–H and O–H groups in total. The lowest BCUT2D eigenvalue weighted by Crippen LogP contribution is -2.20. The maximum atomic E-state index is 10.8. The van der Waals surface area contributed by atoms with Crippen LogP contribution < -0.4 is 4.74 Å². The summed E-state index contributed by atoms with van der Waals surface area (Å²) in [5.41, 5.74) is 1.64. The van der Waals surface area contributed by atoms with E-state index in [9.17, 15) is 13.9 Å². The highest BCUT2D eigenvalue weighted by molar-refractivity contribution is 7.74. The zero-order chi connectivity index (χ0) is 17.7. The van der Waals surface area contributed by atoms with Crippen molar-refractivity contribution in [2.75, 3.05) is 0 Å². The molecule has 2 rings (SSSR count). The second-order valence-electron chi connectivity index (χ2n) is 5.19. The third-order valence-electron chi connectivity index (χ3n) is 3.40. The fourth-order valence-electron chi connectivity index (χ4n) is 2.28. The third kappa shape index (κ3) is 4.40. The summed E-state index contributed by atoms with van der Waals surface area (Å²) in [6.45, 7) is 3.20. The highest BCUT2D eigenvalue weighted by atomic mass is 32.2. The van der Waals surface area contributed by atoms with Crippen molar-refractivity contribution in [2.24, 2.45) is 0 Å². The smallest absolute Gasteiger partial charge is 0.145 e. The largest absolute Gasteiger partial charge is 0.750 e. The number of hydrogen-bond donors (Lipinski definition) is 1. The van der Waals surface area contributed by atoms with E-state index in [4.69, 9.17) is 14.2 Å². The van der Waals surface area contributed by atoms with Gasteiger partial charge in [0.1, 0.15) is 23.7 Å². The number of benzene rings is 2. The van der Waals surface area contributed by atoms with E-state index in [2.05, 4.69) is 0 Å². The van der Waals surface area contributed by atoms with Gasteiger partial charge in [0, 0.05) is 0 Å². The SMILES string of the molecule is Cc1cc(Oc2ccccc2C#N)ccc1C(OS(=O)[O-])C(C)O. The molecule has 0 spiro atoms. The molecule has 3 unspecified atom stereocenters.